The van der Waals surface area contributed by atoms with E-state index < -0.39 is 0 Å². The van der Waals surface area contributed by atoms with Crippen LogP contribution in [0.5, 0.6) is 0 Å². The van der Waals surface area contributed by atoms with E-state index >= 15 is 0 Å². The van der Waals surface area contributed by atoms with Crippen molar-refractivity contribution >= 4 is 13.6 Å². The van der Waals surface area contributed by atoms with Crippen LogP contribution in [0.15, 0.2) is 28.2 Å². The summed E-state index contributed by atoms with van der Waals surface area (Å²) in [7, 11) is 7.47. The van der Waals surface area contributed by atoms with Crippen LogP contribution in [-0.2, 0) is 0 Å². The molecule has 0 aromatic heterocycles. The zero-order valence-corrected chi connectivity index (χ0v) is 7.09. The Morgan fingerprint density at radius 3 is 2.82 bits per heavy atom. The molecule has 0 unspecified atom stereocenters. The fourth-order valence-corrected chi connectivity index (χ4v) is 1.25. The Labute approximate surface area is 69.3 Å². The third kappa shape index (κ3) is 1.82. The van der Waals surface area contributed by atoms with E-state index in [1.54, 1.807) is 7.05 Å². The van der Waals surface area contributed by atoms with Crippen LogP contribution < -0.4 is 0 Å². The average Bonchev–Trinajstić information content (AvgIpc) is 2.04. The molecule has 1 nitrogen and oxygen atoms in total. The number of hydrogen-bond acceptors (Lipinski definition) is 1. The van der Waals surface area contributed by atoms with Gasteiger partial charge in [-0.2, -0.15) is 0 Å². The third-order valence-corrected chi connectivity index (χ3v) is 1.92. The fraction of sp³-hybridized carbons (Fsp3) is 0.444. The summed E-state index contributed by atoms with van der Waals surface area (Å²) in [5.41, 5.74) is 3.29. The molecule has 0 saturated heterocycles. The minimum absolute atomic E-state index is 0.941. The van der Waals surface area contributed by atoms with Gasteiger partial charge in [-0.25, -0.2) is 0 Å². The molecule has 0 amide bonds. The molecule has 0 aromatic rings. The second-order valence-electron chi connectivity index (χ2n) is 2.64. The molecule has 0 aromatic carbocycles. The summed E-state index contributed by atoms with van der Waals surface area (Å²) < 4.78 is 0. The van der Waals surface area contributed by atoms with Gasteiger partial charge >= 0.3 is 0 Å². The summed E-state index contributed by atoms with van der Waals surface area (Å²) in [6.07, 6.45) is 6.06. The summed E-state index contributed by atoms with van der Waals surface area (Å²) in [6.45, 7) is 2.04. The lowest BCUT2D eigenvalue weighted by atomic mass is 9.82. The van der Waals surface area contributed by atoms with E-state index in [9.17, 15) is 0 Å². The summed E-state index contributed by atoms with van der Waals surface area (Å²) in [5.74, 6) is 0. The lowest BCUT2D eigenvalue weighted by Gasteiger charge is -2.14. The molecular weight excluding hydrogens is 133 g/mol. The van der Waals surface area contributed by atoms with E-state index in [1.165, 1.54) is 5.57 Å². The lowest BCUT2D eigenvalue weighted by Crippen LogP contribution is -2.07. The molecule has 1 aliphatic carbocycles. The molecule has 0 saturated carbocycles. The zero-order chi connectivity index (χ0) is 8.27. The Hall–Kier alpha value is -0.785. The highest BCUT2D eigenvalue weighted by atomic mass is 14.7. The molecule has 0 heterocycles. The second-order valence-corrected chi connectivity index (χ2v) is 2.64. The first-order chi connectivity index (χ1) is 5.27. The summed E-state index contributed by atoms with van der Waals surface area (Å²) in [5, 5.41) is 0. The molecule has 0 fully saturated rings. The standard InChI is InChI=1S/C9H12BN/c1-3-7-4-5-8(10)6-9(7)11-2/h3,6H,4-5H2,1-2H3/b7-3-,11-9?. The highest BCUT2D eigenvalue weighted by molar-refractivity contribution is 6.26. The predicted molar refractivity (Wildman–Crippen MR) is 50.2 cm³/mol. The highest BCUT2D eigenvalue weighted by Crippen LogP contribution is 2.18. The Kier molecular flexibility index (Phi) is 2.69. The van der Waals surface area contributed by atoms with E-state index in [4.69, 9.17) is 7.85 Å². The zero-order valence-electron chi connectivity index (χ0n) is 7.09. The van der Waals surface area contributed by atoms with Crippen LogP contribution in [0, 0.1) is 0 Å². The van der Waals surface area contributed by atoms with E-state index in [0.717, 1.165) is 24.0 Å². The van der Waals surface area contributed by atoms with Crippen molar-refractivity contribution in [3.63, 3.8) is 0 Å². The minimum atomic E-state index is 0.941. The topological polar surface area (TPSA) is 12.4 Å². The van der Waals surface area contributed by atoms with Crippen LogP contribution in [0.4, 0.5) is 0 Å². The SMILES string of the molecule is [B]C1=CC(=NC)/C(=C\C)CC1. The Morgan fingerprint density at radius 1 is 1.55 bits per heavy atom. The average molecular weight is 145 g/mol. The van der Waals surface area contributed by atoms with Crippen molar-refractivity contribution in [3.8, 4) is 0 Å². The largest absolute Gasteiger partial charge is 0.288 e. The van der Waals surface area contributed by atoms with Crippen molar-refractivity contribution in [2.75, 3.05) is 7.05 Å². The molecule has 1 rings (SSSR count). The van der Waals surface area contributed by atoms with Gasteiger partial charge in [-0.15, -0.1) is 5.47 Å². The maximum absolute atomic E-state index is 5.67. The summed E-state index contributed by atoms with van der Waals surface area (Å²) >= 11 is 0. The van der Waals surface area contributed by atoms with Crippen molar-refractivity contribution in [1.82, 2.24) is 0 Å². The third-order valence-electron chi connectivity index (χ3n) is 1.92. The quantitative estimate of drug-likeness (QED) is 0.461. The van der Waals surface area contributed by atoms with Crippen molar-refractivity contribution in [2.24, 2.45) is 4.99 Å². The van der Waals surface area contributed by atoms with Crippen LogP contribution >= 0.6 is 0 Å². The molecule has 56 valence electrons. The first-order valence-corrected chi connectivity index (χ1v) is 3.86. The van der Waals surface area contributed by atoms with Crippen molar-refractivity contribution in [3.05, 3.63) is 23.2 Å². The fourth-order valence-electron chi connectivity index (χ4n) is 1.25. The molecule has 0 atom stereocenters. The molecule has 2 heteroatoms. The van der Waals surface area contributed by atoms with Crippen LogP contribution in [-0.4, -0.2) is 20.6 Å². The smallest absolute Gasteiger partial charge is 0.107 e. The Bertz CT molecular complexity index is 236. The highest BCUT2D eigenvalue weighted by Gasteiger charge is 2.08. The second kappa shape index (κ2) is 3.56. The van der Waals surface area contributed by atoms with Crippen molar-refractivity contribution < 1.29 is 0 Å². The van der Waals surface area contributed by atoms with Gasteiger partial charge in [0.1, 0.15) is 7.85 Å². The number of hydrogen-bond donors (Lipinski definition) is 0. The van der Waals surface area contributed by atoms with Gasteiger partial charge in [0.15, 0.2) is 0 Å². The van der Waals surface area contributed by atoms with E-state index in [-0.39, 0.29) is 0 Å². The van der Waals surface area contributed by atoms with Crippen LogP contribution in [0.3, 0.4) is 0 Å². The molecule has 0 N–H and O–H groups in total. The van der Waals surface area contributed by atoms with Gasteiger partial charge in [0.05, 0.1) is 5.71 Å². The normalized spacial score (nSPS) is 25.8. The molecule has 2 radical (unpaired) electrons. The summed E-state index contributed by atoms with van der Waals surface area (Å²) in [4.78, 5) is 4.14. The summed E-state index contributed by atoms with van der Waals surface area (Å²) in [6, 6.07) is 0. The van der Waals surface area contributed by atoms with Gasteiger partial charge < -0.3 is 0 Å². The number of nitrogens with zero attached hydrogens (tertiary/aromatic N) is 1. The number of aliphatic imine (C=N–C) groups is 1. The van der Waals surface area contributed by atoms with Crippen LogP contribution in [0.1, 0.15) is 19.8 Å². The van der Waals surface area contributed by atoms with Crippen LogP contribution in [0.2, 0.25) is 0 Å². The van der Waals surface area contributed by atoms with Crippen molar-refractivity contribution in [2.45, 2.75) is 19.8 Å². The Morgan fingerprint density at radius 2 is 2.27 bits per heavy atom. The van der Waals surface area contributed by atoms with Gasteiger partial charge in [0.25, 0.3) is 0 Å². The molecule has 0 bridgehead atoms. The molecule has 1 aliphatic rings. The number of rotatable bonds is 0. The van der Waals surface area contributed by atoms with E-state index in [1.807, 2.05) is 13.0 Å². The molecular formula is C9H12BN. The van der Waals surface area contributed by atoms with Gasteiger partial charge in [0.2, 0.25) is 0 Å². The first kappa shape index (κ1) is 8.31. The van der Waals surface area contributed by atoms with Crippen molar-refractivity contribution in [1.29, 1.82) is 0 Å². The van der Waals surface area contributed by atoms with Gasteiger partial charge in [-0.3, -0.25) is 4.99 Å². The maximum atomic E-state index is 5.67. The minimum Gasteiger partial charge on any atom is -0.288 e. The van der Waals surface area contributed by atoms with Gasteiger partial charge in [0, 0.05) is 7.05 Å². The maximum Gasteiger partial charge on any atom is 0.107 e. The first-order valence-electron chi connectivity index (χ1n) is 3.86. The van der Waals surface area contributed by atoms with E-state index in [2.05, 4.69) is 11.1 Å². The lowest BCUT2D eigenvalue weighted by molar-refractivity contribution is 0.984. The number of allylic oxidation sites excluding steroid dienone is 4. The monoisotopic (exact) mass is 145 g/mol. The molecule has 0 spiro atoms. The Balaban J connectivity index is 2.94. The van der Waals surface area contributed by atoms with Gasteiger partial charge in [-0.05, 0) is 31.4 Å². The molecule has 0 aliphatic heterocycles. The van der Waals surface area contributed by atoms with E-state index in [0.29, 0.717) is 0 Å². The predicted octanol–water partition coefficient (Wildman–Crippen LogP) is 1.85. The molecule has 11 heavy (non-hydrogen) atoms. The van der Waals surface area contributed by atoms with Gasteiger partial charge in [-0.1, -0.05) is 6.08 Å². The van der Waals surface area contributed by atoms with Crippen LogP contribution in [0.25, 0.3) is 0 Å².